The fourth-order valence-corrected chi connectivity index (χ4v) is 2.34. The van der Waals surface area contributed by atoms with E-state index in [0.29, 0.717) is 18.3 Å². The number of carbonyl (C=O) groups is 1. The Balaban J connectivity index is 1.42. The van der Waals surface area contributed by atoms with Crippen LogP contribution in [0.15, 0.2) is 36.4 Å². The van der Waals surface area contributed by atoms with Gasteiger partial charge in [0.05, 0.1) is 6.61 Å². The summed E-state index contributed by atoms with van der Waals surface area (Å²) in [6, 6.07) is 11.7. The molecule has 2 N–H and O–H groups in total. The van der Waals surface area contributed by atoms with Crippen molar-refractivity contribution >= 4 is 11.7 Å². The Labute approximate surface area is 123 Å². The van der Waals surface area contributed by atoms with Crippen molar-refractivity contribution in [3.63, 3.8) is 0 Å². The monoisotopic (exact) mass is 285 g/mol. The first-order chi connectivity index (χ1) is 10.3. The topological polar surface area (TPSA) is 67.0 Å². The molecule has 0 atom stereocenters. The first kappa shape index (κ1) is 13.8. The van der Waals surface area contributed by atoms with Gasteiger partial charge in [0.1, 0.15) is 6.61 Å². The number of nitrogens with zero attached hydrogens (tertiary/aromatic N) is 1. The van der Waals surface area contributed by atoms with E-state index < -0.39 is 0 Å². The number of amides is 1. The Kier molecular flexibility index (Phi) is 4.31. The summed E-state index contributed by atoms with van der Waals surface area (Å²) in [5.74, 6) is 0.972. The van der Waals surface area contributed by atoms with Crippen molar-refractivity contribution in [2.24, 2.45) is 0 Å². The Morgan fingerprint density at radius 3 is 2.86 bits per heavy atom. The fraction of sp³-hybridized carbons (Fsp3) is 0.375. The lowest BCUT2D eigenvalue weighted by molar-refractivity contribution is -0.121. The highest BCUT2D eigenvalue weighted by molar-refractivity contribution is 5.90. The molecule has 0 radical (unpaired) electrons. The SMILES string of the molecule is O=C(COCc1ccccc1)Nc1cc(C2CCC2)[nH]n1. The van der Waals surface area contributed by atoms with Crippen LogP contribution in [0.5, 0.6) is 0 Å². The Morgan fingerprint density at radius 1 is 1.33 bits per heavy atom. The summed E-state index contributed by atoms with van der Waals surface area (Å²) in [5, 5.41) is 9.85. The Morgan fingerprint density at radius 2 is 2.14 bits per heavy atom. The van der Waals surface area contributed by atoms with E-state index in [0.717, 1.165) is 11.3 Å². The number of aromatic nitrogens is 2. The van der Waals surface area contributed by atoms with Gasteiger partial charge in [-0.25, -0.2) is 0 Å². The van der Waals surface area contributed by atoms with Crippen molar-refractivity contribution in [3.8, 4) is 0 Å². The van der Waals surface area contributed by atoms with Crippen molar-refractivity contribution in [1.82, 2.24) is 10.2 Å². The lowest BCUT2D eigenvalue weighted by atomic mass is 9.83. The highest BCUT2D eigenvalue weighted by atomic mass is 16.5. The van der Waals surface area contributed by atoms with Gasteiger partial charge in [-0.1, -0.05) is 36.8 Å². The molecule has 110 valence electrons. The van der Waals surface area contributed by atoms with E-state index in [1.54, 1.807) is 0 Å². The predicted octanol–water partition coefficient (Wildman–Crippen LogP) is 2.83. The molecule has 21 heavy (non-hydrogen) atoms. The molecule has 2 aromatic rings. The number of aromatic amines is 1. The van der Waals surface area contributed by atoms with E-state index in [1.807, 2.05) is 36.4 Å². The first-order valence-corrected chi connectivity index (χ1v) is 7.28. The highest BCUT2D eigenvalue weighted by Crippen LogP contribution is 2.35. The van der Waals surface area contributed by atoms with Crippen LogP contribution in [0.1, 0.15) is 36.4 Å². The number of ether oxygens (including phenoxy) is 1. The van der Waals surface area contributed by atoms with Crippen LogP contribution in [0, 0.1) is 0 Å². The molecule has 0 spiro atoms. The predicted molar refractivity (Wildman–Crippen MR) is 79.9 cm³/mol. The summed E-state index contributed by atoms with van der Waals surface area (Å²) in [7, 11) is 0. The van der Waals surface area contributed by atoms with Crippen LogP contribution in [0.2, 0.25) is 0 Å². The summed E-state index contributed by atoms with van der Waals surface area (Å²) in [6.07, 6.45) is 3.68. The lowest BCUT2D eigenvalue weighted by Gasteiger charge is -2.23. The molecule has 0 unspecified atom stereocenters. The number of H-pyrrole nitrogens is 1. The number of nitrogens with one attached hydrogen (secondary N) is 2. The van der Waals surface area contributed by atoms with Gasteiger partial charge >= 0.3 is 0 Å². The third-order valence-electron chi connectivity index (χ3n) is 3.75. The third kappa shape index (κ3) is 3.70. The molecule has 5 nitrogen and oxygen atoms in total. The molecule has 1 aromatic carbocycles. The lowest BCUT2D eigenvalue weighted by Crippen LogP contribution is -2.18. The maximum Gasteiger partial charge on any atom is 0.251 e. The van der Waals surface area contributed by atoms with E-state index in [4.69, 9.17) is 4.74 Å². The van der Waals surface area contributed by atoms with Gasteiger partial charge in [0.15, 0.2) is 5.82 Å². The van der Waals surface area contributed by atoms with E-state index in [9.17, 15) is 4.79 Å². The zero-order valence-electron chi connectivity index (χ0n) is 11.8. The average Bonchev–Trinajstić information content (AvgIpc) is 2.86. The molecule has 1 amide bonds. The van der Waals surface area contributed by atoms with Crippen molar-refractivity contribution in [2.45, 2.75) is 31.8 Å². The maximum absolute atomic E-state index is 11.8. The fourth-order valence-electron chi connectivity index (χ4n) is 2.34. The average molecular weight is 285 g/mol. The van der Waals surface area contributed by atoms with Gasteiger partial charge in [0, 0.05) is 17.7 Å². The van der Waals surface area contributed by atoms with Gasteiger partial charge in [-0.05, 0) is 18.4 Å². The van der Waals surface area contributed by atoms with Gasteiger partial charge in [0.25, 0.3) is 5.91 Å². The number of benzene rings is 1. The van der Waals surface area contributed by atoms with Gasteiger partial charge in [-0.15, -0.1) is 0 Å². The van der Waals surface area contributed by atoms with Crippen LogP contribution in [-0.2, 0) is 16.1 Å². The summed E-state index contributed by atoms with van der Waals surface area (Å²) in [5.41, 5.74) is 2.17. The summed E-state index contributed by atoms with van der Waals surface area (Å²) >= 11 is 0. The highest BCUT2D eigenvalue weighted by Gasteiger charge is 2.21. The third-order valence-corrected chi connectivity index (χ3v) is 3.75. The molecule has 1 fully saturated rings. The van der Waals surface area contributed by atoms with Crippen molar-refractivity contribution in [1.29, 1.82) is 0 Å². The van der Waals surface area contributed by atoms with Crippen LogP contribution < -0.4 is 5.32 Å². The normalized spacial score (nSPS) is 14.7. The van der Waals surface area contributed by atoms with Gasteiger partial charge in [-0.3, -0.25) is 9.89 Å². The van der Waals surface area contributed by atoms with Crippen molar-refractivity contribution in [2.75, 3.05) is 11.9 Å². The zero-order chi connectivity index (χ0) is 14.5. The minimum atomic E-state index is -0.183. The molecule has 5 heteroatoms. The molecule has 1 heterocycles. The van der Waals surface area contributed by atoms with Crippen LogP contribution >= 0.6 is 0 Å². The molecule has 1 saturated carbocycles. The number of carbonyl (C=O) groups excluding carboxylic acids is 1. The van der Waals surface area contributed by atoms with Crippen molar-refractivity contribution < 1.29 is 9.53 Å². The van der Waals surface area contributed by atoms with Crippen LogP contribution in [0.4, 0.5) is 5.82 Å². The molecule has 0 bridgehead atoms. The smallest absolute Gasteiger partial charge is 0.251 e. The molecular weight excluding hydrogens is 266 g/mol. The second-order valence-corrected chi connectivity index (χ2v) is 5.36. The molecule has 1 aliphatic rings. The Bertz CT molecular complexity index is 591. The Hall–Kier alpha value is -2.14. The molecule has 0 saturated heterocycles. The van der Waals surface area contributed by atoms with Crippen LogP contribution in [-0.4, -0.2) is 22.7 Å². The molecule has 1 aliphatic carbocycles. The van der Waals surface area contributed by atoms with Gasteiger partial charge in [0.2, 0.25) is 0 Å². The number of anilines is 1. The molecule has 0 aliphatic heterocycles. The zero-order valence-corrected chi connectivity index (χ0v) is 11.8. The summed E-state index contributed by atoms with van der Waals surface area (Å²) < 4.78 is 5.39. The van der Waals surface area contributed by atoms with E-state index in [2.05, 4.69) is 15.5 Å². The largest absolute Gasteiger partial charge is 0.367 e. The number of hydrogen-bond acceptors (Lipinski definition) is 3. The van der Waals surface area contributed by atoms with Gasteiger partial charge < -0.3 is 10.1 Å². The minimum Gasteiger partial charge on any atom is -0.367 e. The van der Waals surface area contributed by atoms with Gasteiger partial charge in [-0.2, -0.15) is 5.10 Å². The summed E-state index contributed by atoms with van der Waals surface area (Å²) in [6.45, 7) is 0.461. The van der Waals surface area contributed by atoms with E-state index in [1.165, 1.54) is 19.3 Å². The van der Waals surface area contributed by atoms with Crippen LogP contribution in [0.25, 0.3) is 0 Å². The first-order valence-electron chi connectivity index (χ1n) is 7.28. The second-order valence-electron chi connectivity index (χ2n) is 5.36. The number of rotatable bonds is 6. The van der Waals surface area contributed by atoms with Crippen molar-refractivity contribution in [3.05, 3.63) is 47.7 Å². The second kappa shape index (κ2) is 6.54. The maximum atomic E-state index is 11.8. The van der Waals surface area contributed by atoms with E-state index >= 15 is 0 Å². The molecule has 3 rings (SSSR count). The molecular formula is C16H19N3O2. The summed E-state index contributed by atoms with van der Waals surface area (Å²) in [4.78, 5) is 11.8. The quantitative estimate of drug-likeness (QED) is 0.857. The minimum absolute atomic E-state index is 0.0283. The number of hydrogen-bond donors (Lipinski definition) is 2. The van der Waals surface area contributed by atoms with Crippen LogP contribution in [0.3, 0.4) is 0 Å². The standard InChI is InChI=1S/C16H19N3O2/c20-16(11-21-10-12-5-2-1-3-6-12)17-15-9-14(18-19-15)13-7-4-8-13/h1-3,5-6,9,13H,4,7-8,10-11H2,(H2,17,18,19,20). The molecule has 1 aromatic heterocycles. The van der Waals surface area contributed by atoms with E-state index in [-0.39, 0.29) is 12.5 Å².